The van der Waals surface area contributed by atoms with Crippen LogP contribution < -0.4 is 4.72 Å². The zero-order valence-electron chi connectivity index (χ0n) is 9.53. The molecule has 0 aromatic heterocycles. The van der Waals surface area contributed by atoms with Gasteiger partial charge in [-0.25, -0.2) is 8.42 Å². The summed E-state index contributed by atoms with van der Waals surface area (Å²) in [7, 11) is -4.16. The van der Waals surface area contributed by atoms with Crippen LogP contribution in [0.15, 0.2) is 22.7 Å². The summed E-state index contributed by atoms with van der Waals surface area (Å²) in [5.74, 6) is -1.51. The first-order chi connectivity index (χ1) is 8.65. The molecule has 0 spiro atoms. The van der Waals surface area contributed by atoms with Gasteiger partial charge in [0, 0.05) is 6.07 Å². The summed E-state index contributed by atoms with van der Waals surface area (Å²) >= 11 is 2.95. The van der Waals surface area contributed by atoms with Crippen molar-refractivity contribution in [2.24, 2.45) is 0 Å². The highest BCUT2D eigenvalue weighted by Crippen LogP contribution is 2.28. The number of sulfonamides is 1. The smallest absolute Gasteiger partial charge is 0.323 e. The number of carboxylic acid groups (broad SMARTS) is 1. The molecular weight excluding hydrogens is 344 g/mol. The van der Waals surface area contributed by atoms with E-state index in [2.05, 4.69) is 15.9 Å². The molecule has 0 saturated carbocycles. The van der Waals surface area contributed by atoms with Crippen LogP contribution >= 0.6 is 15.9 Å². The van der Waals surface area contributed by atoms with Gasteiger partial charge < -0.3 is 5.11 Å². The third-order valence-corrected chi connectivity index (χ3v) is 4.54. The third-order valence-electron chi connectivity index (χ3n) is 2.22. The molecular formula is C9H9BrN2O6S. The number of carbonyl (C=O) groups is 1. The highest BCUT2D eigenvalue weighted by Gasteiger charge is 2.28. The van der Waals surface area contributed by atoms with E-state index in [1.165, 1.54) is 12.1 Å². The van der Waals surface area contributed by atoms with E-state index in [4.69, 9.17) is 5.11 Å². The summed E-state index contributed by atoms with van der Waals surface area (Å²) in [4.78, 5) is 20.6. The van der Waals surface area contributed by atoms with Gasteiger partial charge in [0.05, 0.1) is 15.1 Å². The van der Waals surface area contributed by atoms with Crippen LogP contribution in [0.1, 0.15) is 6.92 Å². The third kappa shape index (κ3) is 3.64. The monoisotopic (exact) mass is 352 g/mol. The van der Waals surface area contributed by atoms with Crippen molar-refractivity contribution in [1.29, 1.82) is 0 Å². The van der Waals surface area contributed by atoms with Crippen LogP contribution in [0, 0.1) is 10.1 Å². The Labute approximate surface area is 116 Å². The first-order valence-electron chi connectivity index (χ1n) is 4.83. The molecule has 0 fully saturated rings. The van der Waals surface area contributed by atoms with Crippen molar-refractivity contribution in [3.8, 4) is 0 Å². The van der Waals surface area contributed by atoms with Gasteiger partial charge >= 0.3 is 5.97 Å². The highest BCUT2D eigenvalue weighted by molar-refractivity contribution is 9.10. The van der Waals surface area contributed by atoms with E-state index in [1.54, 1.807) is 0 Å². The summed E-state index contributed by atoms with van der Waals surface area (Å²) < 4.78 is 25.4. The number of carboxylic acids is 1. The van der Waals surface area contributed by atoms with Gasteiger partial charge in [0.15, 0.2) is 5.25 Å². The van der Waals surface area contributed by atoms with E-state index in [-0.39, 0.29) is 15.8 Å². The number of hydrogen-bond donors (Lipinski definition) is 2. The summed E-state index contributed by atoms with van der Waals surface area (Å²) in [5.41, 5.74) is -0.411. The lowest BCUT2D eigenvalue weighted by Gasteiger charge is -2.11. The molecule has 19 heavy (non-hydrogen) atoms. The van der Waals surface area contributed by atoms with E-state index in [0.717, 1.165) is 13.0 Å². The Hall–Kier alpha value is -1.68. The molecule has 0 saturated heterocycles. The van der Waals surface area contributed by atoms with Gasteiger partial charge in [-0.15, -0.1) is 0 Å². The van der Waals surface area contributed by atoms with Crippen LogP contribution in [0.4, 0.5) is 11.4 Å². The molecule has 0 radical (unpaired) electrons. The number of halogens is 1. The van der Waals surface area contributed by atoms with E-state index >= 15 is 0 Å². The molecule has 1 aromatic rings. The summed E-state index contributed by atoms with van der Waals surface area (Å²) in [6, 6.07) is 3.57. The average Bonchev–Trinajstić information content (AvgIpc) is 2.29. The number of benzene rings is 1. The van der Waals surface area contributed by atoms with E-state index < -0.39 is 26.2 Å². The minimum atomic E-state index is -4.16. The van der Waals surface area contributed by atoms with Gasteiger partial charge in [0.1, 0.15) is 0 Å². The van der Waals surface area contributed by atoms with E-state index in [9.17, 15) is 23.3 Å². The molecule has 104 valence electrons. The van der Waals surface area contributed by atoms with E-state index in [1.807, 2.05) is 4.72 Å². The predicted octanol–water partition coefficient (Wildman–Crippen LogP) is 1.57. The molecule has 0 bridgehead atoms. The van der Waals surface area contributed by atoms with Gasteiger partial charge in [-0.2, -0.15) is 0 Å². The second-order valence-electron chi connectivity index (χ2n) is 3.55. The van der Waals surface area contributed by atoms with Crippen molar-refractivity contribution < 1.29 is 23.2 Å². The quantitative estimate of drug-likeness (QED) is 0.611. The lowest BCUT2D eigenvalue weighted by Crippen LogP contribution is -2.32. The molecule has 0 aliphatic carbocycles. The Morgan fingerprint density at radius 1 is 1.53 bits per heavy atom. The molecule has 0 heterocycles. The Morgan fingerprint density at radius 2 is 2.11 bits per heavy atom. The summed E-state index contributed by atoms with van der Waals surface area (Å²) in [6.07, 6.45) is 0. The first-order valence-corrected chi connectivity index (χ1v) is 7.17. The number of nitrogens with zero attached hydrogens (tertiary/aromatic N) is 1. The highest BCUT2D eigenvalue weighted by atomic mass is 79.9. The zero-order chi connectivity index (χ0) is 14.8. The van der Waals surface area contributed by atoms with Crippen molar-refractivity contribution >= 4 is 43.3 Å². The fourth-order valence-corrected chi connectivity index (χ4v) is 2.39. The van der Waals surface area contributed by atoms with Gasteiger partial charge in [0.25, 0.3) is 5.69 Å². The SMILES string of the molecule is CC(C(=O)O)S(=O)(=O)Nc1ccc(Br)c([N+](=O)[O-])c1. The maximum absolute atomic E-state index is 11.6. The number of hydrogen-bond acceptors (Lipinski definition) is 5. The molecule has 0 amide bonds. The Balaban J connectivity index is 3.11. The average molecular weight is 353 g/mol. The number of nitro benzene ring substituents is 1. The Bertz CT molecular complexity index is 630. The fourth-order valence-electron chi connectivity index (χ4n) is 1.10. The largest absolute Gasteiger partial charge is 0.480 e. The second-order valence-corrected chi connectivity index (χ2v) is 6.41. The van der Waals surface area contributed by atoms with Crippen molar-refractivity contribution in [3.05, 3.63) is 32.8 Å². The minimum absolute atomic E-state index is 0.0806. The number of anilines is 1. The van der Waals surface area contributed by atoms with Gasteiger partial charge in [-0.3, -0.25) is 19.6 Å². The van der Waals surface area contributed by atoms with Crippen LogP contribution in [0.5, 0.6) is 0 Å². The van der Waals surface area contributed by atoms with Crippen LogP contribution in [-0.2, 0) is 14.8 Å². The van der Waals surface area contributed by atoms with Crippen LogP contribution in [0.2, 0.25) is 0 Å². The van der Waals surface area contributed by atoms with Gasteiger partial charge in [-0.05, 0) is 35.0 Å². The molecule has 0 aliphatic rings. The van der Waals surface area contributed by atoms with Crippen molar-refractivity contribution in [1.82, 2.24) is 0 Å². The standard InChI is InChI=1S/C9H9BrN2O6S/c1-5(9(13)14)19(17,18)11-6-2-3-7(10)8(4-6)12(15)16/h2-5,11H,1H3,(H,13,14). The van der Waals surface area contributed by atoms with Crippen molar-refractivity contribution in [3.63, 3.8) is 0 Å². The van der Waals surface area contributed by atoms with Gasteiger partial charge in [0.2, 0.25) is 10.0 Å². The molecule has 10 heteroatoms. The fraction of sp³-hybridized carbons (Fsp3) is 0.222. The molecule has 0 aliphatic heterocycles. The molecule has 1 rings (SSSR count). The number of rotatable bonds is 5. The maximum Gasteiger partial charge on any atom is 0.323 e. The number of nitro groups is 1. The van der Waals surface area contributed by atoms with Gasteiger partial charge in [-0.1, -0.05) is 0 Å². The molecule has 8 nitrogen and oxygen atoms in total. The van der Waals surface area contributed by atoms with Crippen LogP contribution in [0.25, 0.3) is 0 Å². The van der Waals surface area contributed by atoms with Crippen LogP contribution in [-0.4, -0.2) is 29.7 Å². The molecule has 1 atom stereocenters. The predicted molar refractivity (Wildman–Crippen MR) is 70.4 cm³/mol. The number of nitrogens with one attached hydrogen (secondary N) is 1. The lowest BCUT2D eigenvalue weighted by molar-refractivity contribution is -0.385. The van der Waals surface area contributed by atoms with Crippen LogP contribution in [0.3, 0.4) is 0 Å². The Morgan fingerprint density at radius 3 is 2.58 bits per heavy atom. The number of aliphatic carboxylic acids is 1. The minimum Gasteiger partial charge on any atom is -0.480 e. The second kappa shape index (κ2) is 5.53. The first kappa shape index (κ1) is 15.4. The van der Waals surface area contributed by atoms with E-state index in [0.29, 0.717) is 0 Å². The zero-order valence-corrected chi connectivity index (χ0v) is 11.9. The Kier molecular flexibility index (Phi) is 4.48. The normalized spacial score (nSPS) is 12.7. The van der Waals surface area contributed by atoms with Crippen molar-refractivity contribution in [2.45, 2.75) is 12.2 Å². The summed E-state index contributed by atoms with van der Waals surface area (Å²) in [6.45, 7) is 0.998. The molecule has 1 unspecified atom stereocenters. The molecule has 1 aromatic carbocycles. The maximum atomic E-state index is 11.6. The summed E-state index contributed by atoms with van der Waals surface area (Å²) in [5, 5.41) is 17.7. The van der Waals surface area contributed by atoms with Crippen molar-refractivity contribution in [2.75, 3.05) is 4.72 Å². The topological polar surface area (TPSA) is 127 Å². The lowest BCUT2D eigenvalue weighted by atomic mass is 10.3. The molecule has 2 N–H and O–H groups in total.